The van der Waals surface area contributed by atoms with Gasteiger partial charge in [0.15, 0.2) is 46.5 Å². The molecule has 0 radical (unpaired) electrons. The summed E-state index contributed by atoms with van der Waals surface area (Å²) in [5.74, 6) is -22.6. The van der Waals surface area contributed by atoms with Crippen molar-refractivity contribution < 1.29 is 64.8 Å². The number of aromatic nitrogens is 4. The maximum Gasteiger partial charge on any atom is 2.00 e. The van der Waals surface area contributed by atoms with Crippen LogP contribution in [0.25, 0.3) is 90.9 Å². The van der Waals surface area contributed by atoms with Gasteiger partial charge in [0.2, 0.25) is 34.4 Å². The van der Waals surface area contributed by atoms with E-state index in [1.54, 1.807) is 30.3 Å². The van der Waals surface area contributed by atoms with E-state index in [1.807, 2.05) is 0 Å². The third kappa shape index (κ3) is 7.85. The molecule has 6 nitrogen and oxygen atoms in total. The summed E-state index contributed by atoms with van der Waals surface area (Å²) in [7, 11) is 0. The molecule has 0 amide bonds. The molecule has 0 aliphatic carbocycles. The van der Waals surface area contributed by atoms with Crippen molar-refractivity contribution in [2.45, 2.75) is 0 Å². The average Bonchev–Trinajstić information content (AvgIpc) is 4.19. The van der Waals surface area contributed by atoms with Gasteiger partial charge in [0, 0.05) is 53.7 Å². The number of nitrogens with one attached hydrogen (secondary N) is 2. The molecule has 2 aliphatic rings. The second-order valence-corrected chi connectivity index (χ2v) is 15.2. The Morgan fingerprint density at radius 1 is 0.500 bits per heavy atom. The van der Waals surface area contributed by atoms with Crippen molar-refractivity contribution in [2.75, 3.05) is 18.6 Å². The summed E-state index contributed by atoms with van der Waals surface area (Å²) in [4.78, 5) is 28.1. The Bertz CT molecular complexity index is 3280. The second-order valence-electron chi connectivity index (χ2n) is 14.4. The van der Waals surface area contributed by atoms with Crippen LogP contribution in [0.15, 0.2) is 78.9 Å². The third-order valence-corrected chi connectivity index (χ3v) is 11.1. The van der Waals surface area contributed by atoms with E-state index in [2.05, 4.69) is 19.9 Å². The molecule has 18 heteroatoms. The molecule has 3 aromatic heterocycles. The minimum absolute atomic E-state index is 0. The van der Waals surface area contributed by atoms with Crippen LogP contribution in [0, 0.1) is 58.2 Å². The van der Waals surface area contributed by atoms with Crippen molar-refractivity contribution in [3.05, 3.63) is 165 Å². The van der Waals surface area contributed by atoms with Crippen molar-refractivity contribution in [1.82, 2.24) is 9.97 Å². The summed E-state index contributed by atoms with van der Waals surface area (Å²) >= 11 is 1.23. The number of fused-ring (bicyclic) bond motifs is 8. The van der Waals surface area contributed by atoms with E-state index in [9.17, 15) is 13.6 Å². The van der Waals surface area contributed by atoms with Crippen molar-refractivity contribution in [2.24, 2.45) is 0 Å². The molecular formula is C48H26F10MgN4O2S+2. The number of halogens is 10. The zero-order valence-electron chi connectivity index (χ0n) is 34.5. The molecule has 0 saturated carbocycles. The number of H-pyrrole nitrogens is 2. The number of carbonyl (C=O) groups is 1. The van der Waals surface area contributed by atoms with E-state index >= 15 is 35.1 Å². The number of ether oxygens (including phenoxy) is 1. The smallest absolute Gasteiger partial charge is 0.656 e. The Labute approximate surface area is 388 Å². The molecule has 2 N–H and O–H groups in total. The van der Waals surface area contributed by atoms with E-state index in [-0.39, 0.29) is 103 Å². The van der Waals surface area contributed by atoms with Gasteiger partial charge in [-0.3, -0.25) is 0 Å². The maximum absolute atomic E-state index is 15.9. The first-order valence-electron chi connectivity index (χ1n) is 19.9. The van der Waals surface area contributed by atoms with Gasteiger partial charge in [-0.1, -0.05) is 66.7 Å². The van der Waals surface area contributed by atoms with Crippen molar-refractivity contribution in [3.8, 4) is 44.5 Å². The standard InChI is InChI=1S/C48H25F10N4O2S.Mg/c1-65-20-19-64-48(63)23-9-7-22(8-10-23)33-26-13-17-30(61-26)34(36-38(49)42(53)46(57)43(54)39(36)50)28-15-11-24(59-28)32(21-5-3-2-4-6-21)25-12-16-29(60-25)35(31-18-14-27(33)62-31)37-40(51)44(55)47(58)45(56)41(37)52;/h2-18H,19-20H2,1H3,(H-,59,60,61,62,63);/q-1;+2/p+1/i1T;. The second kappa shape index (κ2) is 18.3. The van der Waals surface area contributed by atoms with Gasteiger partial charge in [0.05, 0.1) is 16.7 Å². The quantitative estimate of drug-likeness (QED) is 0.0378. The van der Waals surface area contributed by atoms with Crippen LogP contribution in [-0.2, 0) is 4.74 Å². The Morgan fingerprint density at radius 3 is 1.27 bits per heavy atom. The van der Waals surface area contributed by atoms with Gasteiger partial charge in [-0.2, -0.15) is 11.8 Å². The van der Waals surface area contributed by atoms with E-state index in [0.717, 1.165) is 0 Å². The van der Waals surface area contributed by atoms with E-state index in [4.69, 9.17) is 6.11 Å². The Morgan fingerprint density at radius 2 is 0.864 bits per heavy atom. The fourth-order valence-electron chi connectivity index (χ4n) is 7.64. The van der Waals surface area contributed by atoms with Crippen LogP contribution < -0.4 is 19.9 Å². The Balaban J connectivity index is 0.00000608. The van der Waals surface area contributed by atoms with Crippen LogP contribution in [0.2, 0.25) is 0 Å². The van der Waals surface area contributed by atoms with Crippen LogP contribution in [0.5, 0.6) is 0 Å². The Kier molecular flexibility index (Phi) is 12.4. The first-order chi connectivity index (χ1) is 31.8. The number of aromatic amines is 2. The summed E-state index contributed by atoms with van der Waals surface area (Å²) in [6.45, 7) is 0.0182. The monoisotopic (exact) mass is 938 g/mol. The molecule has 326 valence electrons. The molecule has 2 aliphatic heterocycles. The average molecular weight is 939 g/mol. The van der Waals surface area contributed by atoms with Gasteiger partial charge in [-0.05, 0) is 29.5 Å². The molecule has 0 atom stereocenters. The predicted molar refractivity (Wildman–Crippen MR) is 230 cm³/mol. The number of carbonyl (C=O) groups excluding carboxylic acids is 1. The summed E-state index contributed by atoms with van der Waals surface area (Å²) in [5.41, 5.74) is -3.31. The zero-order valence-corrected chi connectivity index (χ0v) is 35.8. The molecule has 4 aromatic carbocycles. The van der Waals surface area contributed by atoms with Crippen LogP contribution in [0.4, 0.5) is 43.9 Å². The number of esters is 1. The molecule has 8 bridgehead atoms. The maximum atomic E-state index is 15.9. The van der Waals surface area contributed by atoms with Crippen LogP contribution >= 0.6 is 11.8 Å². The number of hydrogen-bond donors (Lipinski definition) is 0. The zero-order chi connectivity index (χ0) is 46.6. The fraction of sp³-hybridized carbons (Fsp3) is 0.0625. The van der Waals surface area contributed by atoms with Crippen molar-refractivity contribution in [3.63, 3.8) is 0 Å². The molecule has 0 fully saturated rings. The van der Waals surface area contributed by atoms with Gasteiger partial charge >= 0.3 is 29.0 Å². The van der Waals surface area contributed by atoms with Gasteiger partial charge in [0.25, 0.3) is 0 Å². The van der Waals surface area contributed by atoms with Crippen molar-refractivity contribution in [1.29, 1.82) is 0 Å². The summed E-state index contributed by atoms with van der Waals surface area (Å²) in [6.07, 6.45) is 5.45. The number of benzene rings is 4. The van der Waals surface area contributed by atoms with Crippen LogP contribution in [0.3, 0.4) is 0 Å². The minimum Gasteiger partial charge on any atom is -0.656 e. The number of thioether (sulfide) groups is 1. The Hall–Kier alpha value is -6.63. The normalized spacial score (nSPS) is 12.1. The van der Waals surface area contributed by atoms with Gasteiger partial charge < -0.3 is 14.7 Å². The molecule has 0 unspecified atom stereocenters. The molecule has 0 saturated heterocycles. The largest absolute Gasteiger partial charge is 2.00 e. The number of hydrogen-bond acceptors (Lipinski definition) is 3. The minimum atomic E-state index is -2.39. The first-order valence-corrected chi connectivity index (χ1v) is 20.3. The molecular weight excluding hydrogens is 911 g/mol. The number of nitrogens with zero attached hydrogens (tertiary/aromatic N) is 2. The SMILES string of the molecule is [3H]CSCCOC(=O)c1ccc(-c2c3[nH+]c(c(-c4c(F)c(F)c(F)c(F)c4F)c4ccc([n-]4)c(-c4ccccc4)c4[nH+]c(c(-c5c(F)c(F)c(F)c(F)c5F)c5ccc2[n-]5)C=C4)C=C3)cc1.[Mg+2]. The van der Waals surface area contributed by atoms with Gasteiger partial charge in [-0.25, -0.2) is 58.7 Å². The summed E-state index contributed by atoms with van der Waals surface area (Å²) in [5, 5.41) is 0. The van der Waals surface area contributed by atoms with Gasteiger partial charge in [0.1, 0.15) is 6.61 Å². The third-order valence-electron chi connectivity index (χ3n) is 10.6. The number of rotatable bonds is 8. The van der Waals surface area contributed by atoms with Crippen LogP contribution in [-0.4, -0.2) is 47.6 Å². The van der Waals surface area contributed by atoms with E-state index < -0.39 is 86.4 Å². The van der Waals surface area contributed by atoms with E-state index in [0.29, 0.717) is 11.3 Å². The molecule has 9 rings (SSSR count). The molecule has 66 heavy (non-hydrogen) atoms. The topological polar surface area (TPSA) is 82.8 Å². The molecule has 7 aromatic rings. The molecule has 5 heterocycles. The molecule has 0 spiro atoms. The van der Waals surface area contributed by atoms with Crippen molar-refractivity contribution >= 4 is 87.2 Å². The van der Waals surface area contributed by atoms with Gasteiger partial charge in [-0.15, -0.1) is 22.1 Å². The van der Waals surface area contributed by atoms with E-state index in [1.165, 1.54) is 84.6 Å². The fourth-order valence-corrected chi connectivity index (χ4v) is 7.84. The summed E-state index contributed by atoms with van der Waals surface area (Å²) in [6, 6.07) is 19.3. The predicted octanol–water partition coefficient (Wildman–Crippen LogP) is 10.9. The first kappa shape index (κ1) is 44.6. The summed E-state index contributed by atoms with van der Waals surface area (Å²) < 4.78 is 165. The van der Waals surface area contributed by atoms with Crippen LogP contribution in [0.1, 0.15) is 34.5 Å².